The van der Waals surface area contributed by atoms with E-state index in [1.165, 1.54) is 12.8 Å². The Bertz CT molecular complexity index is 353. The van der Waals surface area contributed by atoms with Crippen molar-refractivity contribution >= 4 is 5.91 Å². The lowest BCUT2D eigenvalue weighted by molar-refractivity contribution is -0.120. The van der Waals surface area contributed by atoms with Crippen LogP contribution < -0.4 is 16.0 Å². The standard InChI is InChI=1S/C13H20N2O2/c1-2-3-4-8-17-12-7-5-6-11(9-12)10-13(16)15-14/h5-7,9H,2-4,8,10,14H2,1H3,(H,15,16). The highest BCUT2D eigenvalue weighted by atomic mass is 16.5. The van der Waals surface area contributed by atoms with Gasteiger partial charge in [0.1, 0.15) is 5.75 Å². The first kappa shape index (κ1) is 13.5. The zero-order valence-electron chi connectivity index (χ0n) is 10.2. The van der Waals surface area contributed by atoms with Crippen molar-refractivity contribution in [2.45, 2.75) is 32.6 Å². The molecular formula is C13H20N2O2. The number of nitrogens with two attached hydrogens (primary N) is 1. The number of hydrazine groups is 1. The topological polar surface area (TPSA) is 64.3 Å². The van der Waals surface area contributed by atoms with Gasteiger partial charge in [0.05, 0.1) is 13.0 Å². The van der Waals surface area contributed by atoms with Gasteiger partial charge in [-0.2, -0.15) is 0 Å². The highest BCUT2D eigenvalue weighted by Crippen LogP contribution is 2.14. The number of unbranched alkanes of at least 4 members (excludes halogenated alkanes) is 2. The predicted molar refractivity (Wildman–Crippen MR) is 67.5 cm³/mol. The van der Waals surface area contributed by atoms with Crippen LogP contribution in [-0.4, -0.2) is 12.5 Å². The number of hydrogen-bond acceptors (Lipinski definition) is 3. The second kappa shape index (κ2) is 7.68. The molecule has 0 aliphatic carbocycles. The van der Waals surface area contributed by atoms with Gasteiger partial charge < -0.3 is 4.74 Å². The number of carbonyl (C=O) groups is 1. The molecule has 1 amide bonds. The van der Waals surface area contributed by atoms with Gasteiger partial charge in [0.25, 0.3) is 0 Å². The number of amides is 1. The third kappa shape index (κ3) is 5.36. The van der Waals surface area contributed by atoms with E-state index in [0.29, 0.717) is 0 Å². The maximum atomic E-state index is 11.1. The summed E-state index contributed by atoms with van der Waals surface area (Å²) in [7, 11) is 0. The molecule has 0 unspecified atom stereocenters. The molecule has 0 spiro atoms. The second-order valence-corrected chi connectivity index (χ2v) is 3.95. The molecular weight excluding hydrogens is 216 g/mol. The van der Waals surface area contributed by atoms with Crippen molar-refractivity contribution in [3.05, 3.63) is 29.8 Å². The predicted octanol–water partition coefficient (Wildman–Crippen LogP) is 1.79. The van der Waals surface area contributed by atoms with Crippen molar-refractivity contribution in [3.63, 3.8) is 0 Å². The first-order valence-corrected chi connectivity index (χ1v) is 5.97. The smallest absolute Gasteiger partial charge is 0.238 e. The Balaban J connectivity index is 2.45. The van der Waals surface area contributed by atoms with Crippen LogP contribution in [0.15, 0.2) is 24.3 Å². The SMILES string of the molecule is CCCCCOc1cccc(CC(=O)NN)c1. The van der Waals surface area contributed by atoms with E-state index in [4.69, 9.17) is 10.6 Å². The Morgan fingerprint density at radius 2 is 2.24 bits per heavy atom. The Kier molecular flexibility index (Phi) is 6.10. The zero-order valence-corrected chi connectivity index (χ0v) is 10.2. The molecule has 0 aromatic heterocycles. The van der Waals surface area contributed by atoms with Crippen LogP contribution in [0.2, 0.25) is 0 Å². The quantitative estimate of drug-likeness (QED) is 0.328. The molecule has 0 aliphatic rings. The molecule has 0 saturated carbocycles. The summed E-state index contributed by atoms with van der Waals surface area (Å²) < 4.78 is 5.60. The fourth-order valence-corrected chi connectivity index (χ4v) is 1.52. The molecule has 4 heteroatoms. The van der Waals surface area contributed by atoms with Crippen LogP contribution in [-0.2, 0) is 11.2 Å². The molecule has 17 heavy (non-hydrogen) atoms. The van der Waals surface area contributed by atoms with Crippen LogP contribution in [0.25, 0.3) is 0 Å². The first-order chi connectivity index (χ1) is 8.26. The fraction of sp³-hybridized carbons (Fsp3) is 0.462. The van der Waals surface area contributed by atoms with E-state index < -0.39 is 0 Å². The third-order valence-corrected chi connectivity index (χ3v) is 2.44. The lowest BCUT2D eigenvalue weighted by atomic mass is 10.1. The van der Waals surface area contributed by atoms with Gasteiger partial charge in [0, 0.05) is 0 Å². The van der Waals surface area contributed by atoms with Crippen LogP contribution in [0.3, 0.4) is 0 Å². The molecule has 0 radical (unpaired) electrons. The lowest BCUT2D eigenvalue weighted by Gasteiger charge is -2.07. The van der Waals surface area contributed by atoms with Gasteiger partial charge in [0.15, 0.2) is 0 Å². The van der Waals surface area contributed by atoms with Crippen molar-refractivity contribution in [1.29, 1.82) is 0 Å². The van der Waals surface area contributed by atoms with Gasteiger partial charge >= 0.3 is 0 Å². The van der Waals surface area contributed by atoms with E-state index in [2.05, 4.69) is 12.3 Å². The molecule has 0 aliphatic heterocycles. The highest BCUT2D eigenvalue weighted by Gasteiger charge is 2.02. The van der Waals surface area contributed by atoms with Crippen LogP contribution in [0.5, 0.6) is 5.75 Å². The molecule has 3 N–H and O–H groups in total. The van der Waals surface area contributed by atoms with Gasteiger partial charge in [-0.05, 0) is 24.1 Å². The van der Waals surface area contributed by atoms with Crippen LogP contribution in [0.1, 0.15) is 31.7 Å². The zero-order chi connectivity index (χ0) is 12.5. The number of nitrogens with one attached hydrogen (secondary N) is 1. The lowest BCUT2D eigenvalue weighted by Crippen LogP contribution is -2.31. The maximum absolute atomic E-state index is 11.1. The monoisotopic (exact) mass is 236 g/mol. The molecule has 0 atom stereocenters. The summed E-state index contributed by atoms with van der Waals surface area (Å²) >= 11 is 0. The Labute approximate surface area is 102 Å². The highest BCUT2D eigenvalue weighted by molar-refractivity contribution is 5.77. The van der Waals surface area contributed by atoms with Gasteiger partial charge in [-0.15, -0.1) is 0 Å². The molecule has 0 saturated heterocycles. The normalized spacial score (nSPS) is 10.0. The van der Waals surface area contributed by atoms with Crippen LogP contribution >= 0.6 is 0 Å². The molecule has 1 aromatic rings. The minimum atomic E-state index is -0.201. The second-order valence-electron chi connectivity index (χ2n) is 3.95. The first-order valence-electron chi connectivity index (χ1n) is 5.97. The van der Waals surface area contributed by atoms with E-state index >= 15 is 0 Å². The van der Waals surface area contributed by atoms with E-state index in [0.717, 1.165) is 24.3 Å². The fourth-order valence-electron chi connectivity index (χ4n) is 1.52. The van der Waals surface area contributed by atoms with E-state index in [9.17, 15) is 4.79 Å². The minimum absolute atomic E-state index is 0.201. The summed E-state index contributed by atoms with van der Waals surface area (Å²) in [6.07, 6.45) is 3.70. The Morgan fingerprint density at radius 3 is 2.94 bits per heavy atom. The number of rotatable bonds is 7. The summed E-state index contributed by atoms with van der Waals surface area (Å²) in [5.41, 5.74) is 3.02. The molecule has 1 rings (SSSR count). The molecule has 94 valence electrons. The van der Waals surface area contributed by atoms with Crippen molar-refractivity contribution in [2.75, 3.05) is 6.61 Å². The average molecular weight is 236 g/mol. The van der Waals surface area contributed by atoms with Crippen LogP contribution in [0, 0.1) is 0 Å². The average Bonchev–Trinajstić information content (AvgIpc) is 2.35. The molecule has 0 bridgehead atoms. The van der Waals surface area contributed by atoms with Crippen molar-refractivity contribution in [3.8, 4) is 5.75 Å². The van der Waals surface area contributed by atoms with Gasteiger partial charge in [-0.25, -0.2) is 5.84 Å². The van der Waals surface area contributed by atoms with Crippen molar-refractivity contribution in [1.82, 2.24) is 5.43 Å². The summed E-state index contributed by atoms with van der Waals surface area (Å²) in [5.74, 6) is 5.65. The molecule has 0 fully saturated rings. The van der Waals surface area contributed by atoms with Gasteiger partial charge in [-0.1, -0.05) is 31.9 Å². The van der Waals surface area contributed by atoms with E-state index in [-0.39, 0.29) is 12.3 Å². The van der Waals surface area contributed by atoms with E-state index in [1.807, 2.05) is 24.3 Å². The Hall–Kier alpha value is -1.55. The Morgan fingerprint density at radius 1 is 1.41 bits per heavy atom. The number of hydrogen-bond donors (Lipinski definition) is 2. The minimum Gasteiger partial charge on any atom is -0.494 e. The maximum Gasteiger partial charge on any atom is 0.238 e. The number of ether oxygens (including phenoxy) is 1. The van der Waals surface area contributed by atoms with Gasteiger partial charge in [-0.3, -0.25) is 10.2 Å². The molecule has 4 nitrogen and oxygen atoms in total. The molecule has 1 aromatic carbocycles. The van der Waals surface area contributed by atoms with Crippen molar-refractivity contribution < 1.29 is 9.53 Å². The molecule has 0 heterocycles. The number of carbonyl (C=O) groups excluding carboxylic acids is 1. The summed E-state index contributed by atoms with van der Waals surface area (Å²) in [4.78, 5) is 11.1. The third-order valence-electron chi connectivity index (χ3n) is 2.44. The largest absolute Gasteiger partial charge is 0.494 e. The summed E-state index contributed by atoms with van der Waals surface area (Å²) in [6, 6.07) is 7.54. The van der Waals surface area contributed by atoms with Crippen LogP contribution in [0.4, 0.5) is 0 Å². The summed E-state index contributed by atoms with van der Waals surface area (Å²) in [5, 5.41) is 0. The number of benzene rings is 1. The summed E-state index contributed by atoms with van der Waals surface area (Å²) in [6.45, 7) is 2.88. The van der Waals surface area contributed by atoms with E-state index in [1.54, 1.807) is 0 Å². The van der Waals surface area contributed by atoms with Crippen molar-refractivity contribution in [2.24, 2.45) is 5.84 Å². The van der Waals surface area contributed by atoms with Gasteiger partial charge in [0.2, 0.25) is 5.91 Å².